The number of fused-ring (bicyclic) bond motifs is 7. The molecule has 318 valence electrons. The lowest BCUT2D eigenvalue weighted by molar-refractivity contribution is 1.07. The number of hydrogen-bond acceptors (Lipinski definition) is 5. The van der Waals surface area contributed by atoms with E-state index in [-0.39, 0.29) is 0 Å². The Morgan fingerprint density at radius 3 is 1.57 bits per heavy atom. The van der Waals surface area contributed by atoms with Crippen molar-refractivity contribution < 1.29 is 0 Å². The molecule has 0 bridgehead atoms. The first-order chi connectivity index (χ1) is 33.7. The third-order valence-electron chi connectivity index (χ3n) is 12.9. The Labute approximate surface area is 397 Å². The number of rotatable bonds is 8. The van der Waals surface area contributed by atoms with E-state index in [1.807, 2.05) is 78.2 Å². The second-order valence-corrected chi connectivity index (χ2v) is 18.0. The van der Waals surface area contributed by atoms with E-state index in [0.29, 0.717) is 17.5 Å². The number of aromatic nitrogens is 5. The van der Waals surface area contributed by atoms with Crippen LogP contribution in [0, 0.1) is 0 Å². The van der Waals surface area contributed by atoms with Gasteiger partial charge < -0.3 is 4.57 Å². The molecule has 6 heteroatoms. The van der Waals surface area contributed by atoms with Gasteiger partial charge in [0.05, 0.1) is 16.7 Å². The standard InChI is InChI=1S/C62H39N5S/c1-6-18-40(19-7-1)48-32-30-44(36-51(48)41-20-8-2-9-21-41)46-38-53(62-65-60(42-22-10-3-11-23-42)64-61(66-62)43-24-12-4-13-25-43)58(63-39-46)45-31-35-56-52(37-45)49-33-34-55-57(59(49)68-56)50-28-16-17-29-54(50)67(55)47-26-14-5-15-27-47/h1-39H. The smallest absolute Gasteiger partial charge is 0.166 e. The fourth-order valence-corrected chi connectivity index (χ4v) is 10.9. The van der Waals surface area contributed by atoms with E-state index in [2.05, 4.69) is 174 Å². The zero-order chi connectivity index (χ0) is 45.0. The number of nitrogens with zero attached hydrogens (tertiary/aromatic N) is 5. The summed E-state index contributed by atoms with van der Waals surface area (Å²) in [5, 5.41) is 4.92. The summed E-state index contributed by atoms with van der Waals surface area (Å²) < 4.78 is 4.88. The normalized spacial score (nSPS) is 11.5. The van der Waals surface area contributed by atoms with Crippen LogP contribution in [0.25, 0.3) is 126 Å². The van der Waals surface area contributed by atoms with Crippen molar-refractivity contribution >= 4 is 53.3 Å². The lowest BCUT2D eigenvalue weighted by Crippen LogP contribution is -2.02. The third kappa shape index (κ3) is 6.86. The Morgan fingerprint density at radius 1 is 0.338 bits per heavy atom. The van der Waals surface area contributed by atoms with Gasteiger partial charge in [0.25, 0.3) is 0 Å². The molecule has 68 heavy (non-hydrogen) atoms. The van der Waals surface area contributed by atoms with E-state index in [1.165, 1.54) is 47.5 Å². The molecule has 5 nitrogen and oxygen atoms in total. The fourth-order valence-electron chi connectivity index (χ4n) is 9.69. The van der Waals surface area contributed by atoms with Crippen molar-refractivity contribution in [1.82, 2.24) is 24.5 Å². The summed E-state index contributed by atoms with van der Waals surface area (Å²) in [6.45, 7) is 0. The fraction of sp³-hybridized carbons (Fsp3) is 0. The van der Waals surface area contributed by atoms with E-state index < -0.39 is 0 Å². The van der Waals surface area contributed by atoms with Crippen molar-refractivity contribution in [3.63, 3.8) is 0 Å². The van der Waals surface area contributed by atoms with Crippen LogP contribution in [-0.2, 0) is 0 Å². The second kappa shape index (κ2) is 16.5. The molecule has 0 aliphatic heterocycles. The average molecular weight is 886 g/mol. The molecule has 0 atom stereocenters. The summed E-state index contributed by atoms with van der Waals surface area (Å²) in [7, 11) is 0. The van der Waals surface area contributed by atoms with Crippen LogP contribution in [0.4, 0.5) is 0 Å². The largest absolute Gasteiger partial charge is 0.309 e. The summed E-state index contributed by atoms with van der Waals surface area (Å²) in [4.78, 5) is 21.0. The molecular weight excluding hydrogens is 847 g/mol. The molecule has 0 N–H and O–H groups in total. The minimum Gasteiger partial charge on any atom is -0.309 e. The Bertz CT molecular complexity index is 3940. The summed E-state index contributed by atoms with van der Waals surface area (Å²) in [5.74, 6) is 1.75. The third-order valence-corrected chi connectivity index (χ3v) is 14.1. The first kappa shape index (κ1) is 39.5. The van der Waals surface area contributed by atoms with Crippen LogP contribution < -0.4 is 0 Å². The van der Waals surface area contributed by atoms with Crippen LogP contribution in [0.5, 0.6) is 0 Å². The predicted molar refractivity (Wildman–Crippen MR) is 283 cm³/mol. The molecule has 0 amide bonds. The van der Waals surface area contributed by atoms with Gasteiger partial charge in [-0.3, -0.25) is 4.98 Å². The summed E-state index contributed by atoms with van der Waals surface area (Å²) in [6, 6.07) is 81.2. The maximum Gasteiger partial charge on any atom is 0.166 e. The van der Waals surface area contributed by atoms with Gasteiger partial charge in [-0.1, -0.05) is 182 Å². The molecule has 13 aromatic rings. The molecule has 9 aromatic carbocycles. The highest BCUT2D eigenvalue weighted by Crippen LogP contribution is 2.45. The summed E-state index contributed by atoms with van der Waals surface area (Å²) in [5.41, 5.74) is 14.6. The Balaban J connectivity index is 1.03. The molecule has 4 heterocycles. The van der Waals surface area contributed by atoms with Crippen LogP contribution >= 0.6 is 11.3 Å². The maximum absolute atomic E-state index is 5.39. The van der Waals surface area contributed by atoms with E-state index >= 15 is 0 Å². The zero-order valence-electron chi connectivity index (χ0n) is 36.7. The molecule has 0 aliphatic carbocycles. The molecule has 4 aromatic heterocycles. The molecule has 0 saturated carbocycles. The molecular formula is C62H39N5S. The molecule has 0 radical (unpaired) electrons. The average Bonchev–Trinajstić information content (AvgIpc) is 3.97. The highest BCUT2D eigenvalue weighted by atomic mass is 32.1. The Hall–Kier alpha value is -8.84. The number of para-hydroxylation sites is 2. The molecule has 0 aliphatic rings. The van der Waals surface area contributed by atoms with Gasteiger partial charge in [0.2, 0.25) is 0 Å². The topological polar surface area (TPSA) is 56.5 Å². The van der Waals surface area contributed by atoms with E-state index in [0.717, 1.165) is 61.5 Å². The van der Waals surface area contributed by atoms with Gasteiger partial charge in [-0.2, -0.15) is 0 Å². The minimum absolute atomic E-state index is 0.553. The number of pyridine rings is 1. The number of benzene rings is 9. The van der Waals surface area contributed by atoms with Gasteiger partial charge >= 0.3 is 0 Å². The van der Waals surface area contributed by atoms with Crippen molar-refractivity contribution in [2.45, 2.75) is 0 Å². The van der Waals surface area contributed by atoms with Crippen LogP contribution in [0.2, 0.25) is 0 Å². The van der Waals surface area contributed by atoms with E-state index in [1.54, 1.807) is 0 Å². The van der Waals surface area contributed by atoms with Gasteiger partial charge in [-0.25, -0.2) is 15.0 Å². The maximum atomic E-state index is 5.39. The Morgan fingerprint density at radius 2 is 0.897 bits per heavy atom. The zero-order valence-corrected chi connectivity index (χ0v) is 37.5. The highest BCUT2D eigenvalue weighted by Gasteiger charge is 2.22. The first-order valence-corrected chi connectivity index (χ1v) is 23.6. The van der Waals surface area contributed by atoms with Gasteiger partial charge in [0, 0.05) is 70.6 Å². The lowest BCUT2D eigenvalue weighted by atomic mass is 9.91. The van der Waals surface area contributed by atoms with Crippen molar-refractivity contribution in [3.8, 4) is 84.5 Å². The summed E-state index contributed by atoms with van der Waals surface area (Å²) in [6.07, 6.45) is 2.00. The van der Waals surface area contributed by atoms with Crippen LogP contribution in [0.3, 0.4) is 0 Å². The number of hydrogen-bond donors (Lipinski definition) is 0. The molecule has 13 rings (SSSR count). The van der Waals surface area contributed by atoms with Crippen molar-refractivity contribution in [2.75, 3.05) is 0 Å². The quantitative estimate of drug-likeness (QED) is 0.153. The lowest BCUT2D eigenvalue weighted by Gasteiger charge is -2.15. The van der Waals surface area contributed by atoms with Crippen molar-refractivity contribution in [2.24, 2.45) is 0 Å². The van der Waals surface area contributed by atoms with Gasteiger partial charge in [-0.15, -0.1) is 11.3 Å². The van der Waals surface area contributed by atoms with Crippen molar-refractivity contribution in [1.29, 1.82) is 0 Å². The highest BCUT2D eigenvalue weighted by molar-refractivity contribution is 7.26. The molecule has 0 saturated heterocycles. The molecule has 0 fully saturated rings. The first-order valence-electron chi connectivity index (χ1n) is 22.8. The summed E-state index contributed by atoms with van der Waals surface area (Å²) >= 11 is 1.85. The number of thiophene rings is 1. The minimum atomic E-state index is 0.553. The molecule has 0 unspecified atom stereocenters. The monoisotopic (exact) mass is 885 g/mol. The molecule has 0 spiro atoms. The van der Waals surface area contributed by atoms with Gasteiger partial charge in [0.15, 0.2) is 17.5 Å². The van der Waals surface area contributed by atoms with Crippen LogP contribution in [-0.4, -0.2) is 24.5 Å². The van der Waals surface area contributed by atoms with Gasteiger partial charge in [0.1, 0.15) is 0 Å². The Kier molecular flexibility index (Phi) is 9.62. The van der Waals surface area contributed by atoms with Crippen molar-refractivity contribution in [3.05, 3.63) is 237 Å². The van der Waals surface area contributed by atoms with Gasteiger partial charge in [-0.05, 0) is 76.3 Å². The van der Waals surface area contributed by atoms with Crippen LogP contribution in [0.15, 0.2) is 237 Å². The van der Waals surface area contributed by atoms with Crippen LogP contribution in [0.1, 0.15) is 0 Å². The second-order valence-electron chi connectivity index (χ2n) is 17.0. The van der Waals surface area contributed by atoms with E-state index in [4.69, 9.17) is 19.9 Å². The van der Waals surface area contributed by atoms with E-state index in [9.17, 15) is 0 Å². The predicted octanol–water partition coefficient (Wildman–Crippen LogP) is 16.4. The SMILES string of the molecule is c1ccc(-c2nc(-c3ccccc3)nc(-c3cc(-c4ccc(-c5ccccc5)c(-c5ccccc5)c4)cnc3-c3ccc4sc5c(ccc6c5c5ccccc5n6-c5ccccc5)c4c3)n2)cc1.